The number of hydrogen-bond acceptors (Lipinski definition) is 2. The molecule has 0 N–H and O–H groups in total. The minimum atomic E-state index is -0.127. The van der Waals surface area contributed by atoms with Gasteiger partial charge in [-0.1, -0.05) is 44.2 Å². The van der Waals surface area contributed by atoms with E-state index < -0.39 is 0 Å². The summed E-state index contributed by atoms with van der Waals surface area (Å²) in [6.45, 7) is 4.04. The average molecular weight is 206 g/mol. The number of esters is 1. The maximum Gasteiger partial charge on any atom is 0.308 e. The van der Waals surface area contributed by atoms with Crippen molar-refractivity contribution in [2.45, 2.75) is 26.2 Å². The van der Waals surface area contributed by atoms with Crippen molar-refractivity contribution in [2.24, 2.45) is 5.92 Å². The van der Waals surface area contributed by atoms with Gasteiger partial charge in [0.05, 0.1) is 13.0 Å². The molecule has 2 heteroatoms. The van der Waals surface area contributed by atoms with Crippen LogP contribution in [0.3, 0.4) is 0 Å². The molecule has 0 fully saturated rings. The van der Waals surface area contributed by atoms with Gasteiger partial charge in [-0.2, -0.15) is 0 Å². The summed E-state index contributed by atoms with van der Waals surface area (Å²) in [5, 5.41) is 0. The third kappa shape index (κ3) is 3.39. The second-order valence-corrected chi connectivity index (χ2v) is 3.97. The van der Waals surface area contributed by atoms with Crippen molar-refractivity contribution in [3.8, 4) is 0 Å². The SMILES string of the molecule is COC(=O)C(C)CC(C)c1ccccc1. The number of methoxy groups -OCH3 is 1. The van der Waals surface area contributed by atoms with Crippen molar-refractivity contribution in [3.63, 3.8) is 0 Å². The second kappa shape index (κ2) is 5.54. The molecule has 0 aliphatic heterocycles. The van der Waals surface area contributed by atoms with Gasteiger partial charge in [0.15, 0.2) is 0 Å². The highest BCUT2D eigenvalue weighted by Gasteiger charge is 2.17. The quantitative estimate of drug-likeness (QED) is 0.708. The fraction of sp³-hybridized carbons (Fsp3) is 0.462. The van der Waals surface area contributed by atoms with E-state index in [4.69, 9.17) is 4.74 Å². The third-order valence-electron chi connectivity index (χ3n) is 2.68. The van der Waals surface area contributed by atoms with Gasteiger partial charge in [0.25, 0.3) is 0 Å². The monoisotopic (exact) mass is 206 g/mol. The molecule has 0 saturated carbocycles. The Labute approximate surface area is 91.3 Å². The van der Waals surface area contributed by atoms with Crippen molar-refractivity contribution in [2.75, 3.05) is 7.11 Å². The molecule has 0 saturated heterocycles. The number of carbonyl (C=O) groups is 1. The highest BCUT2D eigenvalue weighted by atomic mass is 16.5. The van der Waals surface area contributed by atoms with Crippen molar-refractivity contribution in [1.29, 1.82) is 0 Å². The lowest BCUT2D eigenvalue weighted by atomic mass is 9.91. The van der Waals surface area contributed by atoms with Crippen LogP contribution in [0.2, 0.25) is 0 Å². The normalized spacial score (nSPS) is 14.3. The van der Waals surface area contributed by atoms with Gasteiger partial charge in [0.2, 0.25) is 0 Å². The first kappa shape index (κ1) is 11.8. The Kier molecular flexibility index (Phi) is 4.35. The van der Waals surface area contributed by atoms with Gasteiger partial charge in [-0.25, -0.2) is 0 Å². The molecule has 1 aromatic carbocycles. The molecule has 0 aliphatic carbocycles. The second-order valence-electron chi connectivity index (χ2n) is 3.97. The summed E-state index contributed by atoms with van der Waals surface area (Å²) in [6.07, 6.45) is 0.830. The number of carbonyl (C=O) groups excluding carboxylic acids is 1. The maximum absolute atomic E-state index is 11.3. The fourth-order valence-electron chi connectivity index (χ4n) is 1.75. The molecule has 2 nitrogen and oxygen atoms in total. The van der Waals surface area contributed by atoms with Crippen LogP contribution >= 0.6 is 0 Å². The zero-order chi connectivity index (χ0) is 11.3. The first-order chi connectivity index (χ1) is 7.15. The number of hydrogen-bond donors (Lipinski definition) is 0. The summed E-state index contributed by atoms with van der Waals surface area (Å²) in [5.41, 5.74) is 1.27. The molecule has 0 spiro atoms. The molecule has 0 radical (unpaired) electrons. The molecule has 0 amide bonds. The lowest BCUT2D eigenvalue weighted by molar-refractivity contribution is -0.145. The van der Waals surface area contributed by atoms with Gasteiger partial charge in [0, 0.05) is 0 Å². The van der Waals surface area contributed by atoms with Gasteiger partial charge in [-0.3, -0.25) is 4.79 Å². The van der Waals surface area contributed by atoms with E-state index in [1.54, 1.807) is 0 Å². The summed E-state index contributed by atoms with van der Waals surface area (Å²) < 4.78 is 4.71. The molecule has 2 unspecified atom stereocenters. The van der Waals surface area contributed by atoms with Crippen LogP contribution in [-0.2, 0) is 9.53 Å². The predicted molar refractivity (Wildman–Crippen MR) is 60.7 cm³/mol. The van der Waals surface area contributed by atoms with E-state index in [-0.39, 0.29) is 11.9 Å². The van der Waals surface area contributed by atoms with Crippen LogP contribution in [0.1, 0.15) is 31.7 Å². The Morgan fingerprint density at radius 3 is 2.40 bits per heavy atom. The van der Waals surface area contributed by atoms with Crippen LogP contribution in [0.5, 0.6) is 0 Å². The van der Waals surface area contributed by atoms with Crippen LogP contribution < -0.4 is 0 Å². The maximum atomic E-state index is 11.3. The molecule has 2 atom stereocenters. The zero-order valence-corrected chi connectivity index (χ0v) is 9.57. The Morgan fingerprint density at radius 2 is 1.87 bits per heavy atom. The largest absolute Gasteiger partial charge is 0.469 e. The van der Waals surface area contributed by atoms with Gasteiger partial charge >= 0.3 is 5.97 Å². The van der Waals surface area contributed by atoms with Gasteiger partial charge < -0.3 is 4.74 Å². The van der Waals surface area contributed by atoms with E-state index in [0.29, 0.717) is 5.92 Å². The summed E-state index contributed by atoms with van der Waals surface area (Å²) in [4.78, 5) is 11.3. The first-order valence-electron chi connectivity index (χ1n) is 5.28. The first-order valence-corrected chi connectivity index (χ1v) is 5.28. The van der Waals surface area contributed by atoms with Crippen molar-refractivity contribution >= 4 is 5.97 Å². The highest BCUT2D eigenvalue weighted by Crippen LogP contribution is 2.23. The van der Waals surface area contributed by atoms with E-state index in [1.165, 1.54) is 12.7 Å². The molecule has 15 heavy (non-hydrogen) atoms. The Bertz CT molecular complexity index is 306. The van der Waals surface area contributed by atoms with Crippen molar-refractivity contribution < 1.29 is 9.53 Å². The van der Waals surface area contributed by atoms with Crippen LogP contribution in [0.15, 0.2) is 30.3 Å². The number of ether oxygens (including phenoxy) is 1. The lowest BCUT2D eigenvalue weighted by Gasteiger charge is -2.15. The molecule has 82 valence electrons. The number of benzene rings is 1. The van der Waals surface area contributed by atoms with Gasteiger partial charge in [0.1, 0.15) is 0 Å². The molecular formula is C13H18O2. The minimum absolute atomic E-state index is 0.0368. The highest BCUT2D eigenvalue weighted by molar-refractivity contribution is 5.71. The molecule has 0 aromatic heterocycles. The lowest BCUT2D eigenvalue weighted by Crippen LogP contribution is -2.15. The molecule has 0 heterocycles. The van der Waals surface area contributed by atoms with Crippen molar-refractivity contribution in [1.82, 2.24) is 0 Å². The number of rotatable bonds is 4. The van der Waals surface area contributed by atoms with E-state index in [9.17, 15) is 4.79 Å². The third-order valence-corrected chi connectivity index (χ3v) is 2.68. The predicted octanol–water partition coefficient (Wildman–Crippen LogP) is 2.99. The molecular weight excluding hydrogens is 188 g/mol. The van der Waals surface area contributed by atoms with E-state index in [1.807, 2.05) is 25.1 Å². The minimum Gasteiger partial charge on any atom is -0.469 e. The van der Waals surface area contributed by atoms with Crippen LogP contribution in [0.25, 0.3) is 0 Å². The summed E-state index contributed by atoms with van der Waals surface area (Å²) in [7, 11) is 1.44. The van der Waals surface area contributed by atoms with Crippen molar-refractivity contribution in [3.05, 3.63) is 35.9 Å². The standard InChI is InChI=1S/C13H18O2/c1-10(9-11(2)13(14)15-3)12-7-5-4-6-8-12/h4-8,10-11H,9H2,1-3H3. The molecule has 0 aliphatic rings. The smallest absolute Gasteiger partial charge is 0.308 e. The topological polar surface area (TPSA) is 26.3 Å². The van der Waals surface area contributed by atoms with Crippen LogP contribution in [0, 0.1) is 5.92 Å². The Balaban J connectivity index is 2.56. The summed E-state index contributed by atoms with van der Waals surface area (Å²) >= 11 is 0. The molecule has 0 bridgehead atoms. The summed E-state index contributed by atoms with van der Waals surface area (Å²) in [6, 6.07) is 10.2. The van der Waals surface area contributed by atoms with E-state index in [2.05, 4.69) is 19.1 Å². The molecule has 1 rings (SSSR count). The summed E-state index contributed by atoms with van der Waals surface area (Å²) in [5.74, 6) is 0.225. The van der Waals surface area contributed by atoms with E-state index >= 15 is 0 Å². The molecule has 1 aromatic rings. The Morgan fingerprint density at radius 1 is 1.27 bits per heavy atom. The van der Waals surface area contributed by atoms with Crippen LogP contribution in [0.4, 0.5) is 0 Å². The van der Waals surface area contributed by atoms with Gasteiger partial charge in [-0.15, -0.1) is 0 Å². The average Bonchev–Trinajstić information content (AvgIpc) is 2.29. The van der Waals surface area contributed by atoms with Gasteiger partial charge in [-0.05, 0) is 17.9 Å². The Hall–Kier alpha value is -1.31. The van der Waals surface area contributed by atoms with E-state index in [0.717, 1.165) is 6.42 Å². The zero-order valence-electron chi connectivity index (χ0n) is 9.57. The fourth-order valence-corrected chi connectivity index (χ4v) is 1.75. The van der Waals surface area contributed by atoms with Crippen LogP contribution in [-0.4, -0.2) is 13.1 Å².